The first kappa shape index (κ1) is 18.7. The summed E-state index contributed by atoms with van der Waals surface area (Å²) in [6.45, 7) is 3.53. The molecule has 0 spiro atoms. The number of carbonyl (C=O) groups is 2. The van der Waals surface area contributed by atoms with Gasteiger partial charge in [-0.3, -0.25) is 29.8 Å². The van der Waals surface area contributed by atoms with Gasteiger partial charge in [-0.2, -0.15) is 0 Å². The summed E-state index contributed by atoms with van der Waals surface area (Å²) < 4.78 is 4.48. The molecule has 0 saturated carbocycles. The van der Waals surface area contributed by atoms with Crippen LogP contribution in [0, 0.1) is 20.2 Å². The van der Waals surface area contributed by atoms with Crippen LogP contribution in [0.1, 0.15) is 16.8 Å². The average molecular weight is 337 g/mol. The highest BCUT2D eigenvalue weighted by molar-refractivity contribution is 5.96. The molecule has 1 aromatic rings. The highest BCUT2D eigenvalue weighted by Crippen LogP contribution is 2.23. The minimum absolute atomic E-state index is 0.0198. The summed E-state index contributed by atoms with van der Waals surface area (Å²) in [5.41, 5.74) is -1.36. The molecule has 0 heterocycles. The van der Waals surface area contributed by atoms with E-state index in [1.54, 1.807) is 0 Å². The van der Waals surface area contributed by atoms with Gasteiger partial charge in [-0.1, -0.05) is 6.08 Å². The van der Waals surface area contributed by atoms with E-state index >= 15 is 0 Å². The van der Waals surface area contributed by atoms with Gasteiger partial charge in [0, 0.05) is 25.2 Å². The van der Waals surface area contributed by atoms with Crippen molar-refractivity contribution in [2.45, 2.75) is 6.42 Å². The molecule has 0 aromatic heterocycles. The SMILES string of the molecule is C=CCN(CCC(=O)OC)C(=O)c1cc([N+](=O)[O-])cc([N+](=O)[O-])c1. The third kappa shape index (κ3) is 4.87. The zero-order chi connectivity index (χ0) is 18.3. The predicted octanol–water partition coefficient (Wildman–Crippen LogP) is 1.69. The zero-order valence-corrected chi connectivity index (χ0v) is 12.8. The van der Waals surface area contributed by atoms with Crippen LogP contribution in [0.5, 0.6) is 0 Å². The van der Waals surface area contributed by atoms with Crippen LogP contribution >= 0.6 is 0 Å². The maximum Gasteiger partial charge on any atom is 0.307 e. The van der Waals surface area contributed by atoms with Crippen LogP contribution in [0.4, 0.5) is 11.4 Å². The molecule has 0 radical (unpaired) electrons. The van der Waals surface area contributed by atoms with Gasteiger partial charge in [0.1, 0.15) is 0 Å². The number of hydrogen-bond acceptors (Lipinski definition) is 7. The highest BCUT2D eigenvalue weighted by Gasteiger charge is 2.23. The number of nitrogens with zero attached hydrogens (tertiary/aromatic N) is 3. The lowest BCUT2D eigenvalue weighted by atomic mass is 10.1. The average Bonchev–Trinajstić information content (AvgIpc) is 2.56. The Balaban J connectivity index is 3.16. The van der Waals surface area contributed by atoms with Crippen LogP contribution in [-0.2, 0) is 9.53 Å². The lowest BCUT2D eigenvalue weighted by Gasteiger charge is -2.20. The standard InChI is InChI=1S/C14H15N3O7/c1-3-5-15(6-4-13(18)24-2)14(19)10-7-11(16(20)21)9-12(8-10)17(22)23/h3,7-9H,1,4-6H2,2H3. The molecule has 0 saturated heterocycles. The Morgan fingerprint density at radius 2 is 1.75 bits per heavy atom. The maximum atomic E-state index is 12.5. The van der Waals surface area contributed by atoms with E-state index in [0.717, 1.165) is 18.2 Å². The van der Waals surface area contributed by atoms with E-state index in [2.05, 4.69) is 11.3 Å². The first-order valence-corrected chi connectivity index (χ1v) is 6.71. The molecule has 128 valence electrons. The Labute approximate surface area is 136 Å². The van der Waals surface area contributed by atoms with Crippen LogP contribution in [0.25, 0.3) is 0 Å². The van der Waals surface area contributed by atoms with Gasteiger partial charge in [-0.15, -0.1) is 6.58 Å². The van der Waals surface area contributed by atoms with Crippen molar-refractivity contribution in [3.8, 4) is 0 Å². The monoisotopic (exact) mass is 337 g/mol. The Morgan fingerprint density at radius 1 is 1.21 bits per heavy atom. The quantitative estimate of drug-likeness (QED) is 0.305. The minimum atomic E-state index is -0.823. The van der Waals surface area contributed by atoms with Gasteiger partial charge in [-0.05, 0) is 0 Å². The minimum Gasteiger partial charge on any atom is -0.469 e. The molecule has 0 aliphatic heterocycles. The summed E-state index contributed by atoms with van der Waals surface area (Å²) in [6.07, 6.45) is 1.31. The Morgan fingerprint density at radius 3 is 2.17 bits per heavy atom. The van der Waals surface area contributed by atoms with Crippen molar-refractivity contribution in [3.63, 3.8) is 0 Å². The molecule has 0 N–H and O–H groups in total. The fourth-order valence-corrected chi connectivity index (χ4v) is 1.87. The van der Waals surface area contributed by atoms with Crippen molar-refractivity contribution >= 4 is 23.3 Å². The molecule has 1 rings (SSSR count). The number of rotatable bonds is 8. The molecule has 1 amide bonds. The number of hydrogen-bond donors (Lipinski definition) is 0. The highest BCUT2D eigenvalue weighted by atomic mass is 16.6. The topological polar surface area (TPSA) is 133 Å². The molecule has 0 fully saturated rings. The second kappa shape index (κ2) is 8.36. The summed E-state index contributed by atoms with van der Waals surface area (Å²) in [5.74, 6) is -1.23. The number of non-ortho nitro benzene ring substituents is 2. The summed E-state index contributed by atoms with van der Waals surface area (Å²) in [5, 5.41) is 21.8. The largest absolute Gasteiger partial charge is 0.469 e. The van der Waals surface area contributed by atoms with Crippen LogP contribution in [-0.4, -0.2) is 46.8 Å². The molecule has 1 aromatic carbocycles. The van der Waals surface area contributed by atoms with Gasteiger partial charge in [-0.25, -0.2) is 0 Å². The lowest BCUT2D eigenvalue weighted by molar-refractivity contribution is -0.394. The van der Waals surface area contributed by atoms with Gasteiger partial charge in [0.15, 0.2) is 0 Å². The molecular formula is C14H15N3O7. The number of benzene rings is 1. The smallest absolute Gasteiger partial charge is 0.307 e. The van der Waals surface area contributed by atoms with E-state index in [-0.39, 0.29) is 25.1 Å². The van der Waals surface area contributed by atoms with Gasteiger partial charge >= 0.3 is 5.97 Å². The molecule has 0 aliphatic rings. The summed E-state index contributed by atoms with van der Waals surface area (Å²) in [7, 11) is 1.20. The molecule has 0 atom stereocenters. The predicted molar refractivity (Wildman–Crippen MR) is 82.5 cm³/mol. The number of carbonyl (C=O) groups excluding carboxylic acids is 2. The maximum absolute atomic E-state index is 12.5. The zero-order valence-electron chi connectivity index (χ0n) is 12.8. The van der Waals surface area contributed by atoms with Gasteiger partial charge in [0.25, 0.3) is 17.3 Å². The summed E-state index contributed by atoms with van der Waals surface area (Å²) in [6, 6.07) is 2.66. The van der Waals surface area contributed by atoms with Crippen molar-refractivity contribution < 1.29 is 24.2 Å². The number of nitro groups is 2. The van der Waals surface area contributed by atoms with Gasteiger partial charge in [0.2, 0.25) is 0 Å². The van der Waals surface area contributed by atoms with Crippen molar-refractivity contribution in [2.75, 3.05) is 20.2 Å². The Bertz CT molecular complexity index is 655. The lowest BCUT2D eigenvalue weighted by Crippen LogP contribution is -2.33. The molecule has 0 unspecified atom stereocenters. The third-order valence-corrected chi connectivity index (χ3v) is 3.02. The second-order valence-electron chi connectivity index (χ2n) is 4.62. The van der Waals surface area contributed by atoms with E-state index < -0.39 is 33.1 Å². The Kier molecular flexibility index (Phi) is 6.53. The van der Waals surface area contributed by atoms with Gasteiger partial charge < -0.3 is 9.64 Å². The third-order valence-electron chi connectivity index (χ3n) is 3.02. The normalized spacial score (nSPS) is 9.88. The van der Waals surface area contributed by atoms with E-state index in [4.69, 9.17) is 0 Å². The molecule has 0 bridgehead atoms. The van der Waals surface area contributed by atoms with Crippen LogP contribution in [0.2, 0.25) is 0 Å². The molecule has 10 heteroatoms. The Hall–Kier alpha value is -3.30. The number of ether oxygens (including phenoxy) is 1. The van der Waals surface area contributed by atoms with Crippen LogP contribution < -0.4 is 0 Å². The van der Waals surface area contributed by atoms with E-state index in [1.807, 2.05) is 0 Å². The molecular weight excluding hydrogens is 322 g/mol. The van der Waals surface area contributed by atoms with Gasteiger partial charge in [0.05, 0.1) is 35.0 Å². The summed E-state index contributed by atoms with van der Waals surface area (Å²) >= 11 is 0. The van der Waals surface area contributed by atoms with Crippen molar-refractivity contribution in [2.24, 2.45) is 0 Å². The van der Waals surface area contributed by atoms with E-state index in [9.17, 15) is 29.8 Å². The number of amides is 1. The fourth-order valence-electron chi connectivity index (χ4n) is 1.87. The molecule has 24 heavy (non-hydrogen) atoms. The van der Waals surface area contributed by atoms with E-state index in [0.29, 0.717) is 0 Å². The van der Waals surface area contributed by atoms with Crippen molar-refractivity contribution in [1.82, 2.24) is 4.90 Å². The van der Waals surface area contributed by atoms with E-state index in [1.165, 1.54) is 18.1 Å². The second-order valence-corrected chi connectivity index (χ2v) is 4.62. The summed E-state index contributed by atoms with van der Waals surface area (Å²) in [4.78, 5) is 45.0. The van der Waals surface area contributed by atoms with Crippen molar-refractivity contribution in [1.29, 1.82) is 0 Å². The van der Waals surface area contributed by atoms with Crippen LogP contribution in [0.15, 0.2) is 30.9 Å². The fraction of sp³-hybridized carbons (Fsp3) is 0.286. The number of esters is 1. The molecule has 0 aliphatic carbocycles. The first-order valence-electron chi connectivity index (χ1n) is 6.71. The number of methoxy groups -OCH3 is 1. The first-order chi connectivity index (χ1) is 11.3. The van der Waals surface area contributed by atoms with Crippen molar-refractivity contribution in [3.05, 3.63) is 56.6 Å². The molecule has 10 nitrogen and oxygen atoms in total. The number of nitro benzene ring substituents is 2. The van der Waals surface area contributed by atoms with Crippen LogP contribution in [0.3, 0.4) is 0 Å².